The van der Waals surface area contributed by atoms with E-state index in [0.717, 1.165) is 25.5 Å². The first-order valence-corrected chi connectivity index (χ1v) is 6.19. The molecule has 0 radical (unpaired) electrons. The van der Waals surface area contributed by atoms with Crippen LogP contribution in [-0.4, -0.2) is 37.9 Å². The zero-order chi connectivity index (χ0) is 13.3. The van der Waals surface area contributed by atoms with Gasteiger partial charge in [-0.1, -0.05) is 20.3 Å². The summed E-state index contributed by atoms with van der Waals surface area (Å²) >= 11 is 0. The smallest absolute Gasteiger partial charge is 0.237 e. The SMILES string of the molecule is CNC(CCCCN)C(=O)NC(C=O)C(C)C. The molecule has 0 rings (SSSR count). The minimum Gasteiger partial charge on any atom is -0.345 e. The van der Waals surface area contributed by atoms with E-state index in [4.69, 9.17) is 5.73 Å². The summed E-state index contributed by atoms with van der Waals surface area (Å²) in [7, 11) is 1.75. The number of rotatable bonds is 9. The molecule has 17 heavy (non-hydrogen) atoms. The van der Waals surface area contributed by atoms with Gasteiger partial charge in [-0.05, 0) is 32.4 Å². The number of hydrogen-bond donors (Lipinski definition) is 3. The Morgan fingerprint density at radius 3 is 2.41 bits per heavy atom. The van der Waals surface area contributed by atoms with Crippen LogP contribution in [0.5, 0.6) is 0 Å². The lowest BCUT2D eigenvalue weighted by Crippen LogP contribution is -2.48. The van der Waals surface area contributed by atoms with Crippen LogP contribution in [0, 0.1) is 5.92 Å². The van der Waals surface area contributed by atoms with Crippen molar-refractivity contribution in [3.63, 3.8) is 0 Å². The van der Waals surface area contributed by atoms with E-state index in [9.17, 15) is 9.59 Å². The first-order chi connectivity index (χ1) is 8.06. The number of unbranched alkanes of at least 4 members (excludes halogenated alkanes) is 1. The zero-order valence-corrected chi connectivity index (χ0v) is 11.0. The van der Waals surface area contributed by atoms with Gasteiger partial charge in [0.25, 0.3) is 0 Å². The molecule has 0 aliphatic carbocycles. The van der Waals surface area contributed by atoms with Crippen molar-refractivity contribution in [3.8, 4) is 0 Å². The molecular weight excluding hydrogens is 218 g/mol. The third-order valence-corrected chi connectivity index (χ3v) is 2.79. The van der Waals surface area contributed by atoms with Crippen LogP contribution in [-0.2, 0) is 9.59 Å². The van der Waals surface area contributed by atoms with E-state index in [1.165, 1.54) is 0 Å². The summed E-state index contributed by atoms with van der Waals surface area (Å²) in [4.78, 5) is 22.7. The molecule has 0 heterocycles. The van der Waals surface area contributed by atoms with Crippen molar-refractivity contribution in [2.75, 3.05) is 13.6 Å². The average molecular weight is 243 g/mol. The fraction of sp³-hybridized carbons (Fsp3) is 0.833. The van der Waals surface area contributed by atoms with Crippen molar-refractivity contribution in [1.29, 1.82) is 0 Å². The predicted octanol–water partition coefficient (Wildman–Crippen LogP) is 0.0431. The topological polar surface area (TPSA) is 84.2 Å². The number of hydrogen-bond acceptors (Lipinski definition) is 4. The maximum Gasteiger partial charge on any atom is 0.237 e. The van der Waals surface area contributed by atoms with Crippen molar-refractivity contribution in [2.45, 2.75) is 45.2 Å². The van der Waals surface area contributed by atoms with Gasteiger partial charge in [0.05, 0.1) is 12.1 Å². The Hall–Kier alpha value is -0.940. The molecular formula is C12H25N3O2. The lowest BCUT2D eigenvalue weighted by atomic mass is 10.0. The van der Waals surface area contributed by atoms with Crippen LogP contribution in [0.15, 0.2) is 0 Å². The van der Waals surface area contributed by atoms with Crippen molar-refractivity contribution in [2.24, 2.45) is 11.7 Å². The van der Waals surface area contributed by atoms with Crippen molar-refractivity contribution in [3.05, 3.63) is 0 Å². The Kier molecular flexibility index (Phi) is 8.62. The summed E-state index contributed by atoms with van der Waals surface area (Å²) in [5, 5.41) is 5.70. The molecule has 1 amide bonds. The highest BCUT2D eigenvalue weighted by Gasteiger charge is 2.20. The van der Waals surface area contributed by atoms with Crippen LogP contribution in [0.3, 0.4) is 0 Å². The highest BCUT2D eigenvalue weighted by molar-refractivity contribution is 5.84. The van der Waals surface area contributed by atoms with Crippen LogP contribution in [0.4, 0.5) is 0 Å². The molecule has 5 nitrogen and oxygen atoms in total. The van der Waals surface area contributed by atoms with Gasteiger partial charge in [0.1, 0.15) is 6.29 Å². The minimum absolute atomic E-state index is 0.109. The van der Waals surface area contributed by atoms with Gasteiger partial charge in [0, 0.05) is 0 Å². The van der Waals surface area contributed by atoms with Crippen LogP contribution in [0.1, 0.15) is 33.1 Å². The summed E-state index contributed by atoms with van der Waals surface area (Å²) in [5.41, 5.74) is 5.41. The summed E-state index contributed by atoms with van der Waals surface area (Å²) in [6, 6.07) is -0.657. The maximum absolute atomic E-state index is 11.9. The second-order valence-electron chi connectivity index (χ2n) is 4.54. The monoisotopic (exact) mass is 243 g/mol. The molecule has 0 aliphatic heterocycles. The molecule has 0 saturated heterocycles. The van der Waals surface area contributed by atoms with Gasteiger partial charge < -0.3 is 21.2 Å². The molecule has 0 aromatic heterocycles. The van der Waals surface area contributed by atoms with E-state index in [-0.39, 0.29) is 17.9 Å². The van der Waals surface area contributed by atoms with E-state index in [1.807, 2.05) is 13.8 Å². The summed E-state index contributed by atoms with van der Waals surface area (Å²) in [5.74, 6) is -0.00619. The number of carbonyl (C=O) groups excluding carboxylic acids is 2. The van der Waals surface area contributed by atoms with Gasteiger partial charge >= 0.3 is 0 Å². The molecule has 0 saturated carbocycles. The van der Waals surface area contributed by atoms with E-state index in [0.29, 0.717) is 6.54 Å². The highest BCUT2D eigenvalue weighted by Crippen LogP contribution is 2.03. The van der Waals surface area contributed by atoms with Gasteiger partial charge in [-0.15, -0.1) is 0 Å². The van der Waals surface area contributed by atoms with Gasteiger partial charge in [0.15, 0.2) is 0 Å². The van der Waals surface area contributed by atoms with Crippen molar-refractivity contribution >= 4 is 12.2 Å². The maximum atomic E-state index is 11.9. The molecule has 0 aliphatic rings. The quantitative estimate of drug-likeness (QED) is 0.394. The molecule has 0 aromatic rings. The van der Waals surface area contributed by atoms with Gasteiger partial charge in [-0.3, -0.25) is 4.79 Å². The lowest BCUT2D eigenvalue weighted by molar-refractivity contribution is -0.126. The predicted molar refractivity (Wildman–Crippen MR) is 68.6 cm³/mol. The fourth-order valence-corrected chi connectivity index (χ4v) is 1.52. The Bertz CT molecular complexity index is 232. The number of nitrogens with two attached hydrogens (primary N) is 1. The summed E-state index contributed by atoms with van der Waals surface area (Å²) in [6.45, 7) is 4.45. The molecule has 5 heteroatoms. The van der Waals surface area contributed by atoms with E-state index in [2.05, 4.69) is 10.6 Å². The summed E-state index contributed by atoms with van der Waals surface area (Å²) in [6.07, 6.45) is 3.34. The molecule has 0 spiro atoms. The first kappa shape index (κ1) is 16.1. The fourth-order valence-electron chi connectivity index (χ4n) is 1.52. The minimum atomic E-state index is -0.409. The molecule has 4 N–H and O–H groups in total. The van der Waals surface area contributed by atoms with E-state index in [1.54, 1.807) is 7.05 Å². The molecule has 0 fully saturated rings. The van der Waals surface area contributed by atoms with Crippen LogP contribution in [0.25, 0.3) is 0 Å². The number of likely N-dealkylation sites (N-methyl/N-ethyl adjacent to an activating group) is 1. The number of aldehydes is 1. The van der Waals surface area contributed by atoms with Gasteiger partial charge in [-0.25, -0.2) is 0 Å². The Labute approximate surface area is 104 Å². The standard InChI is InChI=1S/C12H25N3O2/c1-9(2)11(8-16)15-12(17)10(14-3)6-4-5-7-13/h8-11,14H,4-7,13H2,1-3H3,(H,15,17). The van der Waals surface area contributed by atoms with Crippen molar-refractivity contribution < 1.29 is 9.59 Å². The molecule has 2 atom stereocenters. The highest BCUT2D eigenvalue weighted by atomic mass is 16.2. The molecule has 0 aromatic carbocycles. The van der Waals surface area contributed by atoms with Crippen LogP contribution in [0.2, 0.25) is 0 Å². The molecule has 100 valence electrons. The number of nitrogens with one attached hydrogen (secondary N) is 2. The van der Waals surface area contributed by atoms with Crippen LogP contribution >= 0.6 is 0 Å². The molecule has 2 unspecified atom stereocenters. The molecule has 0 bridgehead atoms. The Morgan fingerprint density at radius 1 is 1.35 bits per heavy atom. The Balaban J connectivity index is 4.18. The van der Waals surface area contributed by atoms with E-state index < -0.39 is 6.04 Å². The first-order valence-electron chi connectivity index (χ1n) is 6.19. The summed E-state index contributed by atoms with van der Waals surface area (Å²) < 4.78 is 0. The van der Waals surface area contributed by atoms with Crippen molar-refractivity contribution in [1.82, 2.24) is 10.6 Å². The third kappa shape index (κ3) is 6.38. The number of amides is 1. The second-order valence-corrected chi connectivity index (χ2v) is 4.54. The largest absolute Gasteiger partial charge is 0.345 e. The normalized spacial score (nSPS) is 14.4. The zero-order valence-electron chi connectivity index (χ0n) is 11.0. The van der Waals surface area contributed by atoms with E-state index >= 15 is 0 Å². The number of carbonyl (C=O) groups is 2. The van der Waals surface area contributed by atoms with Gasteiger partial charge in [-0.2, -0.15) is 0 Å². The van der Waals surface area contributed by atoms with Crippen LogP contribution < -0.4 is 16.4 Å². The second kappa shape index (κ2) is 9.13. The van der Waals surface area contributed by atoms with Gasteiger partial charge in [0.2, 0.25) is 5.91 Å². The Morgan fingerprint density at radius 2 is 2.00 bits per heavy atom. The average Bonchev–Trinajstić information content (AvgIpc) is 2.31. The lowest BCUT2D eigenvalue weighted by Gasteiger charge is -2.21. The third-order valence-electron chi connectivity index (χ3n) is 2.79.